The molecule has 31 heavy (non-hydrogen) atoms. The quantitative estimate of drug-likeness (QED) is 0.612. The number of carbonyl (C=O) groups excluding carboxylic acids is 2. The van der Waals surface area contributed by atoms with Crippen LogP contribution in [0, 0.1) is 5.92 Å². The molecular weight excluding hydrogens is 414 g/mol. The van der Waals surface area contributed by atoms with Crippen molar-refractivity contribution in [2.75, 3.05) is 25.0 Å². The van der Waals surface area contributed by atoms with Crippen molar-refractivity contribution in [1.82, 2.24) is 9.62 Å². The highest BCUT2D eigenvalue weighted by molar-refractivity contribution is 7.89. The molecule has 0 aliphatic carbocycles. The van der Waals surface area contributed by atoms with Crippen molar-refractivity contribution in [3.8, 4) is 0 Å². The Morgan fingerprint density at radius 1 is 1.00 bits per heavy atom. The zero-order chi connectivity index (χ0) is 22.3. The van der Waals surface area contributed by atoms with E-state index in [1.807, 2.05) is 0 Å². The van der Waals surface area contributed by atoms with Crippen LogP contribution in [0.25, 0.3) is 0 Å². The van der Waals surface area contributed by atoms with Crippen LogP contribution >= 0.6 is 0 Å². The number of rotatable bonds is 8. The first kappa shape index (κ1) is 23.0. The van der Waals surface area contributed by atoms with Gasteiger partial charge in [0.1, 0.15) is 0 Å². The smallest absolute Gasteiger partial charge is 0.253 e. The number of carbonyl (C=O) groups is 2. The molecule has 2 aromatic carbocycles. The molecule has 0 radical (unpaired) electrons. The molecule has 166 valence electrons. The third kappa shape index (κ3) is 5.71. The highest BCUT2D eigenvalue weighted by Gasteiger charge is 2.32. The van der Waals surface area contributed by atoms with E-state index in [0.717, 1.165) is 12.8 Å². The van der Waals surface area contributed by atoms with Crippen molar-refractivity contribution >= 4 is 27.5 Å². The number of benzene rings is 2. The molecule has 1 aliphatic heterocycles. The lowest BCUT2D eigenvalue weighted by Crippen LogP contribution is -2.41. The van der Waals surface area contributed by atoms with Gasteiger partial charge in [-0.1, -0.05) is 43.7 Å². The van der Waals surface area contributed by atoms with E-state index in [1.54, 1.807) is 54.6 Å². The van der Waals surface area contributed by atoms with Gasteiger partial charge >= 0.3 is 0 Å². The zero-order valence-corrected chi connectivity index (χ0v) is 18.5. The van der Waals surface area contributed by atoms with Gasteiger partial charge in [0.15, 0.2) is 0 Å². The van der Waals surface area contributed by atoms with E-state index in [2.05, 4.69) is 17.6 Å². The lowest BCUT2D eigenvalue weighted by atomic mass is 9.97. The van der Waals surface area contributed by atoms with Crippen LogP contribution in [0.3, 0.4) is 0 Å². The molecule has 2 amide bonds. The van der Waals surface area contributed by atoms with Crippen molar-refractivity contribution in [1.29, 1.82) is 0 Å². The summed E-state index contributed by atoms with van der Waals surface area (Å²) in [4.78, 5) is 25.5. The number of para-hydroxylation sites is 1. The van der Waals surface area contributed by atoms with Crippen molar-refractivity contribution in [2.24, 2.45) is 5.92 Å². The van der Waals surface area contributed by atoms with E-state index >= 15 is 0 Å². The summed E-state index contributed by atoms with van der Waals surface area (Å²) in [5.41, 5.74) is 0.900. The molecule has 2 aromatic rings. The summed E-state index contributed by atoms with van der Waals surface area (Å²) in [5, 5.41) is 5.74. The molecule has 8 heteroatoms. The van der Waals surface area contributed by atoms with Gasteiger partial charge in [0, 0.05) is 25.6 Å². The third-order valence-corrected chi connectivity index (χ3v) is 7.36. The predicted molar refractivity (Wildman–Crippen MR) is 120 cm³/mol. The number of sulfonamides is 1. The molecular formula is C23H29N3O4S. The molecule has 0 aromatic heterocycles. The Morgan fingerprint density at radius 2 is 1.65 bits per heavy atom. The molecule has 0 unspecified atom stereocenters. The van der Waals surface area contributed by atoms with E-state index in [0.29, 0.717) is 30.6 Å². The van der Waals surface area contributed by atoms with Gasteiger partial charge in [0.2, 0.25) is 15.9 Å². The minimum absolute atomic E-state index is 0.189. The van der Waals surface area contributed by atoms with E-state index in [9.17, 15) is 18.0 Å². The second kappa shape index (κ2) is 10.5. The maximum atomic E-state index is 12.8. The number of hydrogen-bond donors (Lipinski definition) is 2. The van der Waals surface area contributed by atoms with E-state index < -0.39 is 10.0 Å². The summed E-state index contributed by atoms with van der Waals surface area (Å²) in [6, 6.07) is 15.3. The Hall–Kier alpha value is -2.71. The highest BCUT2D eigenvalue weighted by Crippen LogP contribution is 2.25. The van der Waals surface area contributed by atoms with E-state index in [4.69, 9.17) is 0 Å². The van der Waals surface area contributed by atoms with Crippen molar-refractivity contribution in [3.63, 3.8) is 0 Å². The standard InChI is InChI=1S/C23H29N3O4S/c1-2-3-15-24-23(28)20-11-7-8-12-21(20)25-22(27)18-13-16-26(17-14-18)31(29,30)19-9-5-4-6-10-19/h4-12,18H,2-3,13-17H2,1H3,(H,24,28)(H,25,27). The molecule has 2 N–H and O–H groups in total. The van der Waals surface area contributed by atoms with Crippen LogP contribution in [0.2, 0.25) is 0 Å². The highest BCUT2D eigenvalue weighted by atomic mass is 32.2. The first-order valence-corrected chi connectivity index (χ1v) is 12.1. The van der Waals surface area contributed by atoms with E-state index in [1.165, 1.54) is 4.31 Å². The molecule has 1 fully saturated rings. The number of hydrogen-bond acceptors (Lipinski definition) is 4. The maximum Gasteiger partial charge on any atom is 0.253 e. The summed E-state index contributed by atoms with van der Waals surface area (Å²) in [7, 11) is -3.55. The Balaban J connectivity index is 1.60. The van der Waals surface area contributed by atoms with Crippen molar-refractivity contribution in [2.45, 2.75) is 37.5 Å². The second-order valence-electron chi connectivity index (χ2n) is 7.64. The van der Waals surface area contributed by atoms with Crippen molar-refractivity contribution < 1.29 is 18.0 Å². The Morgan fingerprint density at radius 3 is 2.32 bits per heavy atom. The van der Waals surface area contributed by atoms with Gasteiger partial charge < -0.3 is 10.6 Å². The van der Waals surface area contributed by atoms with Gasteiger partial charge in [0.05, 0.1) is 16.1 Å². The van der Waals surface area contributed by atoms with Gasteiger partial charge in [0.25, 0.3) is 5.91 Å². The minimum Gasteiger partial charge on any atom is -0.352 e. The normalized spacial score (nSPS) is 15.4. The summed E-state index contributed by atoms with van der Waals surface area (Å²) in [6.07, 6.45) is 2.74. The fraction of sp³-hybridized carbons (Fsp3) is 0.391. The molecule has 0 bridgehead atoms. The van der Waals surface area contributed by atoms with Crippen LogP contribution in [-0.4, -0.2) is 44.2 Å². The first-order valence-electron chi connectivity index (χ1n) is 10.7. The maximum absolute atomic E-state index is 12.8. The number of piperidine rings is 1. The summed E-state index contributed by atoms with van der Waals surface area (Å²) in [5.74, 6) is -0.711. The largest absolute Gasteiger partial charge is 0.352 e. The minimum atomic E-state index is -3.55. The van der Waals surface area contributed by atoms with Gasteiger partial charge in [-0.25, -0.2) is 8.42 Å². The topological polar surface area (TPSA) is 95.6 Å². The predicted octanol–water partition coefficient (Wildman–Crippen LogP) is 3.26. The number of nitrogens with one attached hydrogen (secondary N) is 2. The Labute approximate surface area is 183 Å². The van der Waals surface area contributed by atoms with Gasteiger partial charge in [-0.15, -0.1) is 0 Å². The lowest BCUT2D eigenvalue weighted by molar-refractivity contribution is -0.120. The molecule has 1 saturated heterocycles. The molecule has 7 nitrogen and oxygen atoms in total. The van der Waals surface area contributed by atoms with Crippen molar-refractivity contribution in [3.05, 3.63) is 60.2 Å². The average molecular weight is 444 g/mol. The molecule has 0 atom stereocenters. The fourth-order valence-corrected chi connectivity index (χ4v) is 5.09. The number of amides is 2. The van der Waals surface area contributed by atoms with Gasteiger partial charge in [-0.3, -0.25) is 9.59 Å². The van der Waals surface area contributed by atoms with Gasteiger partial charge in [-0.2, -0.15) is 4.31 Å². The summed E-state index contributed by atoms with van der Waals surface area (Å²) in [6.45, 7) is 3.21. The summed E-state index contributed by atoms with van der Waals surface area (Å²) < 4.78 is 27.0. The molecule has 3 rings (SSSR count). The fourth-order valence-electron chi connectivity index (χ4n) is 3.60. The third-order valence-electron chi connectivity index (χ3n) is 5.45. The Kier molecular flexibility index (Phi) is 7.81. The van der Waals surface area contributed by atoms with Crippen LogP contribution in [0.1, 0.15) is 43.0 Å². The average Bonchev–Trinajstić information content (AvgIpc) is 2.80. The van der Waals surface area contributed by atoms with Crippen LogP contribution in [-0.2, 0) is 14.8 Å². The van der Waals surface area contributed by atoms with Crippen LogP contribution in [0.4, 0.5) is 5.69 Å². The monoisotopic (exact) mass is 443 g/mol. The van der Waals surface area contributed by atoms with Crippen LogP contribution in [0.5, 0.6) is 0 Å². The first-order chi connectivity index (χ1) is 14.9. The molecule has 1 heterocycles. The molecule has 0 spiro atoms. The van der Waals surface area contributed by atoms with Crippen LogP contribution in [0.15, 0.2) is 59.5 Å². The zero-order valence-electron chi connectivity index (χ0n) is 17.7. The van der Waals surface area contributed by atoms with Gasteiger partial charge in [-0.05, 0) is 43.5 Å². The second-order valence-corrected chi connectivity index (χ2v) is 9.57. The number of anilines is 1. The van der Waals surface area contributed by atoms with E-state index in [-0.39, 0.29) is 35.7 Å². The number of nitrogens with zero attached hydrogens (tertiary/aromatic N) is 1. The SMILES string of the molecule is CCCCNC(=O)c1ccccc1NC(=O)C1CCN(S(=O)(=O)c2ccccc2)CC1. The summed E-state index contributed by atoms with van der Waals surface area (Å²) >= 11 is 0. The molecule has 1 aliphatic rings. The Bertz CT molecular complexity index is 1000. The number of unbranched alkanes of at least 4 members (excludes halogenated alkanes) is 1. The lowest BCUT2D eigenvalue weighted by Gasteiger charge is -2.30. The molecule has 0 saturated carbocycles. The van der Waals surface area contributed by atoms with Crippen LogP contribution < -0.4 is 10.6 Å².